The zero-order chi connectivity index (χ0) is 28.4. The van der Waals surface area contributed by atoms with Gasteiger partial charge in [-0.3, -0.25) is 0 Å². The van der Waals surface area contributed by atoms with Crippen LogP contribution in [-0.2, 0) is 9.59 Å². The quantitative estimate of drug-likeness (QED) is 0.152. The second kappa shape index (κ2) is 14.3. The molecule has 9 nitrogen and oxygen atoms in total. The maximum absolute atomic E-state index is 12.2. The zero-order valence-electron chi connectivity index (χ0n) is 22.0. The molecule has 1 heterocycles. The summed E-state index contributed by atoms with van der Waals surface area (Å²) in [6, 6.07) is 14.5. The van der Waals surface area contributed by atoms with Crippen LogP contribution in [0.1, 0.15) is 25.3 Å². The second-order valence-corrected chi connectivity index (χ2v) is 9.58. The van der Waals surface area contributed by atoms with E-state index in [4.69, 9.17) is 9.47 Å². The van der Waals surface area contributed by atoms with Crippen molar-refractivity contribution in [2.45, 2.75) is 30.8 Å². The molecule has 5 N–H and O–H groups in total. The second-order valence-electron chi connectivity index (χ2n) is 8.70. The Bertz CT molecular complexity index is 1280. The van der Waals surface area contributed by atoms with E-state index >= 15 is 0 Å². The number of carboxylic acids is 2. The molecule has 10 heteroatoms. The number of aliphatic carboxylic acids is 2. The molecule has 2 aromatic rings. The molecule has 1 aliphatic rings. The van der Waals surface area contributed by atoms with Crippen LogP contribution >= 0.6 is 11.8 Å². The van der Waals surface area contributed by atoms with Crippen molar-refractivity contribution >= 4 is 23.7 Å². The van der Waals surface area contributed by atoms with Crippen molar-refractivity contribution in [2.75, 3.05) is 32.6 Å². The maximum atomic E-state index is 12.2. The number of dihydropyridines is 1. The van der Waals surface area contributed by atoms with E-state index in [2.05, 4.69) is 22.5 Å². The van der Waals surface area contributed by atoms with Gasteiger partial charge in [0.05, 0.1) is 23.6 Å². The zero-order valence-corrected chi connectivity index (χ0v) is 22.8. The Kier molecular flexibility index (Phi) is 10.9. The number of rotatable bonds is 12. The predicted octanol–water partition coefficient (Wildman–Crippen LogP) is 3.22. The van der Waals surface area contributed by atoms with E-state index in [0.717, 1.165) is 4.90 Å². The molecule has 1 unspecified atom stereocenters. The monoisotopic (exact) mass is 552 g/mol. The molecule has 0 radical (unpaired) electrons. The summed E-state index contributed by atoms with van der Waals surface area (Å²) in [4.78, 5) is 25.2. The number of allylic oxidation sites excluding steroid dienone is 2. The van der Waals surface area contributed by atoms with Gasteiger partial charge in [-0.25, -0.2) is 9.59 Å². The van der Waals surface area contributed by atoms with Crippen LogP contribution in [0.2, 0.25) is 0 Å². The summed E-state index contributed by atoms with van der Waals surface area (Å²) in [5.41, 5.74) is 1.09. The van der Waals surface area contributed by atoms with Gasteiger partial charge in [0.1, 0.15) is 30.8 Å². The first-order chi connectivity index (χ1) is 18.7. The van der Waals surface area contributed by atoms with Crippen LogP contribution in [0, 0.1) is 11.8 Å². The number of aliphatic hydroxyl groups is 1. The highest BCUT2D eigenvalue weighted by Crippen LogP contribution is 2.43. The minimum atomic E-state index is -1.21. The van der Waals surface area contributed by atoms with Gasteiger partial charge in [0.2, 0.25) is 0 Å². The molecule has 1 atom stereocenters. The van der Waals surface area contributed by atoms with E-state index in [1.807, 2.05) is 42.7 Å². The SMILES string of the molecule is CSc1ccc(OCC#CCNCC(O)COc2ccccc2)c(C2C(C(=O)O)=C(C)NC(C)=C2C(=O)O)c1. The van der Waals surface area contributed by atoms with Crippen LogP contribution in [0.4, 0.5) is 0 Å². The van der Waals surface area contributed by atoms with Gasteiger partial charge >= 0.3 is 11.9 Å². The fourth-order valence-electron chi connectivity index (χ4n) is 4.18. The van der Waals surface area contributed by atoms with Crippen molar-refractivity contribution in [3.8, 4) is 23.3 Å². The van der Waals surface area contributed by atoms with Crippen LogP contribution in [-0.4, -0.2) is 65.9 Å². The standard InChI is InChI=1S/C29H32N2O7S/c1-18-25(28(33)34)27(26(29(35)36)19(2)31-18)23-15-22(39-3)11-12-24(23)37-14-8-7-13-30-16-20(32)17-38-21-9-5-4-6-10-21/h4-6,9-12,15,20,27,30-32H,13-14,16-17H2,1-3H3,(H,33,34)(H,35,36). The van der Waals surface area contributed by atoms with E-state index in [1.54, 1.807) is 26.0 Å². The summed E-state index contributed by atoms with van der Waals surface area (Å²) in [5.74, 6) is 3.40. The van der Waals surface area contributed by atoms with Gasteiger partial charge in [-0.1, -0.05) is 30.0 Å². The van der Waals surface area contributed by atoms with Crippen LogP contribution in [0.25, 0.3) is 0 Å². The number of para-hydroxylation sites is 1. The van der Waals surface area contributed by atoms with Crippen molar-refractivity contribution in [2.24, 2.45) is 0 Å². The smallest absolute Gasteiger partial charge is 0.334 e. The molecule has 39 heavy (non-hydrogen) atoms. The van der Waals surface area contributed by atoms with E-state index in [1.165, 1.54) is 11.8 Å². The molecular formula is C29H32N2O7S. The van der Waals surface area contributed by atoms with Gasteiger partial charge in [-0.15, -0.1) is 11.8 Å². The van der Waals surface area contributed by atoms with E-state index in [9.17, 15) is 24.9 Å². The third-order valence-electron chi connectivity index (χ3n) is 5.95. The molecule has 3 rings (SSSR count). The molecule has 0 saturated heterocycles. The summed E-state index contributed by atoms with van der Waals surface area (Å²) in [6.45, 7) is 3.99. The Morgan fingerprint density at radius 1 is 1.03 bits per heavy atom. The number of carbonyl (C=O) groups is 2. The number of hydrogen-bond donors (Lipinski definition) is 5. The normalized spacial score (nSPS) is 14.3. The lowest BCUT2D eigenvalue weighted by Crippen LogP contribution is -2.31. The topological polar surface area (TPSA) is 137 Å². The van der Waals surface area contributed by atoms with E-state index < -0.39 is 24.0 Å². The summed E-state index contributed by atoms with van der Waals surface area (Å²) < 4.78 is 11.4. The number of carboxylic acid groups (broad SMARTS) is 2. The predicted molar refractivity (Wildman–Crippen MR) is 149 cm³/mol. The summed E-state index contributed by atoms with van der Waals surface area (Å²) in [7, 11) is 0. The number of aliphatic hydroxyl groups excluding tert-OH is 1. The van der Waals surface area contributed by atoms with Gasteiger partial charge in [-0.2, -0.15) is 0 Å². The molecule has 0 amide bonds. The van der Waals surface area contributed by atoms with Gasteiger partial charge in [0, 0.05) is 28.4 Å². The van der Waals surface area contributed by atoms with Crippen LogP contribution in [0.3, 0.4) is 0 Å². The summed E-state index contributed by atoms with van der Waals surface area (Å²) in [6.07, 6.45) is 1.18. The minimum absolute atomic E-state index is 0.00807. The highest BCUT2D eigenvalue weighted by atomic mass is 32.2. The number of thioether (sulfide) groups is 1. The first kappa shape index (κ1) is 29.6. The Balaban J connectivity index is 1.66. The first-order valence-electron chi connectivity index (χ1n) is 12.2. The molecule has 2 aromatic carbocycles. The van der Waals surface area contributed by atoms with Gasteiger partial charge in [0.15, 0.2) is 0 Å². The molecule has 0 saturated carbocycles. The number of hydrogen-bond acceptors (Lipinski definition) is 8. The molecule has 0 fully saturated rings. The molecule has 1 aliphatic heterocycles. The lowest BCUT2D eigenvalue weighted by atomic mass is 9.80. The average Bonchev–Trinajstić information content (AvgIpc) is 2.91. The minimum Gasteiger partial charge on any atom is -0.491 e. The molecule has 0 aliphatic carbocycles. The molecule has 206 valence electrons. The fraction of sp³-hybridized carbons (Fsp3) is 0.310. The Morgan fingerprint density at radius 2 is 1.69 bits per heavy atom. The third kappa shape index (κ3) is 8.04. The highest BCUT2D eigenvalue weighted by molar-refractivity contribution is 7.98. The van der Waals surface area contributed by atoms with Gasteiger partial charge in [-0.05, 0) is 50.4 Å². The number of ether oxygens (including phenoxy) is 2. The van der Waals surface area contributed by atoms with Crippen LogP contribution < -0.4 is 20.1 Å². The van der Waals surface area contributed by atoms with Crippen molar-refractivity contribution in [3.63, 3.8) is 0 Å². The number of benzene rings is 2. The van der Waals surface area contributed by atoms with E-state index in [0.29, 0.717) is 41.5 Å². The summed E-state index contributed by atoms with van der Waals surface area (Å²) in [5, 5.41) is 35.9. The molecule has 0 bridgehead atoms. The van der Waals surface area contributed by atoms with E-state index in [-0.39, 0.29) is 24.4 Å². The van der Waals surface area contributed by atoms with Gasteiger partial charge < -0.3 is 35.4 Å². The first-order valence-corrected chi connectivity index (χ1v) is 13.4. The molecule has 0 spiro atoms. The maximum Gasteiger partial charge on any atom is 0.334 e. The fourth-order valence-corrected chi connectivity index (χ4v) is 4.63. The molecular weight excluding hydrogens is 520 g/mol. The van der Waals surface area contributed by atoms with Crippen molar-refractivity contribution in [1.82, 2.24) is 10.6 Å². The van der Waals surface area contributed by atoms with Crippen molar-refractivity contribution < 1.29 is 34.4 Å². The Morgan fingerprint density at radius 3 is 2.31 bits per heavy atom. The van der Waals surface area contributed by atoms with Crippen molar-refractivity contribution in [3.05, 3.63) is 76.6 Å². The van der Waals surface area contributed by atoms with Gasteiger partial charge in [0.25, 0.3) is 0 Å². The summed E-state index contributed by atoms with van der Waals surface area (Å²) >= 11 is 1.45. The number of nitrogens with one attached hydrogen (secondary N) is 2. The largest absolute Gasteiger partial charge is 0.491 e. The highest BCUT2D eigenvalue weighted by Gasteiger charge is 2.38. The van der Waals surface area contributed by atoms with Crippen molar-refractivity contribution in [1.29, 1.82) is 0 Å². The van der Waals surface area contributed by atoms with Crippen LogP contribution in [0.15, 0.2) is 76.0 Å². The Hall–Kier alpha value is -3.91. The Labute approximate surface area is 231 Å². The lowest BCUT2D eigenvalue weighted by Gasteiger charge is -2.30. The lowest BCUT2D eigenvalue weighted by molar-refractivity contribution is -0.133. The third-order valence-corrected chi connectivity index (χ3v) is 6.68. The molecule has 0 aromatic heterocycles. The van der Waals surface area contributed by atoms with Crippen LogP contribution in [0.5, 0.6) is 11.5 Å². The average molecular weight is 553 g/mol.